The molecule has 1 heterocycles. The summed E-state index contributed by atoms with van der Waals surface area (Å²) < 4.78 is 4.87. The van der Waals surface area contributed by atoms with Crippen LogP contribution in [0.1, 0.15) is 22.8 Å². The van der Waals surface area contributed by atoms with E-state index in [1.54, 1.807) is 13.0 Å². The van der Waals surface area contributed by atoms with Crippen LogP contribution < -0.4 is 5.32 Å². The average molecular weight is 245 g/mol. The Morgan fingerprint density at radius 3 is 2.61 bits per heavy atom. The van der Waals surface area contributed by atoms with Crippen LogP contribution in [-0.4, -0.2) is 17.6 Å². The molecule has 1 aromatic carbocycles. The van der Waals surface area contributed by atoms with Crippen LogP contribution >= 0.6 is 0 Å². The van der Waals surface area contributed by atoms with Gasteiger partial charge in [-0.15, -0.1) is 0 Å². The smallest absolute Gasteiger partial charge is 0.255 e. The van der Waals surface area contributed by atoms with Crippen molar-refractivity contribution in [2.45, 2.75) is 12.5 Å². The minimum absolute atomic E-state index is 0.180. The molecule has 0 bridgehead atoms. The molecule has 0 saturated heterocycles. The van der Waals surface area contributed by atoms with Gasteiger partial charge in [-0.05, 0) is 18.6 Å². The van der Waals surface area contributed by atoms with Crippen LogP contribution in [0.4, 0.5) is 0 Å². The van der Waals surface area contributed by atoms with Crippen molar-refractivity contribution in [2.75, 3.05) is 6.61 Å². The molecule has 1 unspecified atom stereocenters. The van der Waals surface area contributed by atoms with Gasteiger partial charge in [0.1, 0.15) is 6.26 Å². The molecule has 1 atom stereocenters. The normalized spacial score (nSPS) is 13.9. The predicted molar refractivity (Wildman–Crippen MR) is 67.1 cm³/mol. The number of hydrogen-bond acceptors (Lipinski definition) is 3. The first-order valence-corrected chi connectivity index (χ1v) is 5.67. The lowest BCUT2D eigenvalue weighted by atomic mass is 9.92. The Morgan fingerprint density at radius 2 is 2.06 bits per heavy atom. The zero-order chi connectivity index (χ0) is 13.0. The van der Waals surface area contributed by atoms with Crippen LogP contribution in [0.5, 0.6) is 0 Å². The number of hydrogen-bond donors (Lipinski definition) is 2. The highest BCUT2D eigenvalue weighted by molar-refractivity contribution is 5.94. The zero-order valence-electron chi connectivity index (χ0n) is 10.1. The number of amides is 1. The lowest BCUT2D eigenvalue weighted by Crippen LogP contribution is -2.46. The highest BCUT2D eigenvalue weighted by Crippen LogP contribution is 2.20. The molecule has 94 valence electrons. The van der Waals surface area contributed by atoms with Gasteiger partial charge >= 0.3 is 0 Å². The molecular weight excluding hydrogens is 230 g/mol. The van der Waals surface area contributed by atoms with E-state index in [4.69, 9.17) is 4.42 Å². The van der Waals surface area contributed by atoms with Gasteiger partial charge in [-0.1, -0.05) is 30.3 Å². The largest absolute Gasteiger partial charge is 0.472 e. The lowest BCUT2D eigenvalue weighted by molar-refractivity contribution is 0.0849. The molecule has 4 heteroatoms. The van der Waals surface area contributed by atoms with E-state index >= 15 is 0 Å². The molecule has 2 aromatic rings. The van der Waals surface area contributed by atoms with Gasteiger partial charge in [0, 0.05) is 0 Å². The van der Waals surface area contributed by atoms with Crippen LogP contribution in [0.2, 0.25) is 0 Å². The third kappa shape index (κ3) is 2.43. The highest BCUT2D eigenvalue weighted by atomic mass is 16.3. The van der Waals surface area contributed by atoms with E-state index in [0.717, 1.165) is 5.56 Å². The van der Waals surface area contributed by atoms with Crippen LogP contribution in [-0.2, 0) is 5.54 Å². The summed E-state index contributed by atoms with van der Waals surface area (Å²) in [6.45, 7) is 1.60. The van der Waals surface area contributed by atoms with Crippen molar-refractivity contribution in [1.29, 1.82) is 0 Å². The first kappa shape index (κ1) is 12.4. The number of carbonyl (C=O) groups excluding carboxylic acids is 1. The molecule has 1 amide bonds. The van der Waals surface area contributed by atoms with E-state index in [9.17, 15) is 9.90 Å². The minimum atomic E-state index is -0.810. The Bertz CT molecular complexity index is 507. The summed E-state index contributed by atoms with van der Waals surface area (Å²) in [4.78, 5) is 12.0. The molecule has 0 aliphatic rings. The Hall–Kier alpha value is -2.07. The summed E-state index contributed by atoms with van der Waals surface area (Å²) in [5.74, 6) is -0.274. The Morgan fingerprint density at radius 1 is 1.33 bits per heavy atom. The van der Waals surface area contributed by atoms with E-state index in [1.807, 2.05) is 30.3 Å². The monoisotopic (exact) mass is 245 g/mol. The number of nitrogens with one attached hydrogen (secondary N) is 1. The molecule has 18 heavy (non-hydrogen) atoms. The summed E-state index contributed by atoms with van der Waals surface area (Å²) in [6, 6.07) is 10.9. The molecule has 1 aromatic heterocycles. The summed E-state index contributed by atoms with van der Waals surface area (Å²) in [5, 5.41) is 12.4. The van der Waals surface area contributed by atoms with Gasteiger partial charge in [0.2, 0.25) is 0 Å². The third-order valence-corrected chi connectivity index (χ3v) is 2.90. The first-order valence-electron chi connectivity index (χ1n) is 5.67. The second-order valence-electron chi connectivity index (χ2n) is 4.32. The molecule has 0 radical (unpaired) electrons. The SMILES string of the molecule is CC(CO)(NC(=O)c1ccoc1)c1ccccc1. The summed E-state index contributed by atoms with van der Waals surface area (Å²) in [6.07, 6.45) is 2.81. The van der Waals surface area contributed by atoms with Gasteiger partial charge in [-0.2, -0.15) is 0 Å². The highest BCUT2D eigenvalue weighted by Gasteiger charge is 2.28. The Labute approximate surface area is 105 Å². The summed E-state index contributed by atoms with van der Waals surface area (Å²) in [7, 11) is 0. The van der Waals surface area contributed by atoms with E-state index in [1.165, 1.54) is 12.5 Å². The fourth-order valence-electron chi connectivity index (χ4n) is 1.73. The molecule has 0 aliphatic heterocycles. The maximum Gasteiger partial charge on any atom is 0.255 e. The molecular formula is C14H15NO3. The topological polar surface area (TPSA) is 62.5 Å². The van der Waals surface area contributed by atoms with Gasteiger partial charge < -0.3 is 14.8 Å². The van der Waals surface area contributed by atoms with Crippen LogP contribution in [0.25, 0.3) is 0 Å². The third-order valence-electron chi connectivity index (χ3n) is 2.90. The number of carbonyl (C=O) groups is 1. The van der Waals surface area contributed by atoms with Crippen molar-refractivity contribution >= 4 is 5.91 Å². The van der Waals surface area contributed by atoms with Crippen molar-refractivity contribution in [3.63, 3.8) is 0 Å². The van der Waals surface area contributed by atoms with Gasteiger partial charge in [-0.3, -0.25) is 4.79 Å². The molecule has 0 saturated carbocycles. The Balaban J connectivity index is 2.21. The van der Waals surface area contributed by atoms with Gasteiger partial charge in [0.15, 0.2) is 0 Å². The van der Waals surface area contributed by atoms with Crippen molar-refractivity contribution < 1.29 is 14.3 Å². The quantitative estimate of drug-likeness (QED) is 0.865. The first-order chi connectivity index (χ1) is 8.65. The Kier molecular flexibility index (Phi) is 3.48. The molecule has 0 spiro atoms. The molecule has 2 rings (SSSR count). The molecule has 0 aliphatic carbocycles. The van der Waals surface area contributed by atoms with Crippen molar-refractivity contribution in [3.05, 3.63) is 60.1 Å². The number of furan rings is 1. The number of aliphatic hydroxyl groups is 1. The average Bonchev–Trinajstić information content (AvgIpc) is 2.93. The van der Waals surface area contributed by atoms with E-state index in [0.29, 0.717) is 5.56 Å². The second-order valence-corrected chi connectivity index (χ2v) is 4.32. The number of aliphatic hydroxyl groups excluding tert-OH is 1. The van der Waals surface area contributed by atoms with Crippen molar-refractivity contribution in [1.82, 2.24) is 5.32 Å². The lowest BCUT2D eigenvalue weighted by Gasteiger charge is -2.29. The maximum absolute atomic E-state index is 12.0. The number of benzene rings is 1. The zero-order valence-corrected chi connectivity index (χ0v) is 10.1. The second kappa shape index (κ2) is 5.06. The fraction of sp³-hybridized carbons (Fsp3) is 0.214. The van der Waals surface area contributed by atoms with Crippen LogP contribution in [0, 0.1) is 0 Å². The van der Waals surface area contributed by atoms with Crippen LogP contribution in [0.15, 0.2) is 53.3 Å². The summed E-state index contributed by atoms with van der Waals surface area (Å²) >= 11 is 0. The van der Waals surface area contributed by atoms with Crippen LogP contribution in [0.3, 0.4) is 0 Å². The molecule has 2 N–H and O–H groups in total. The summed E-state index contributed by atoms with van der Waals surface area (Å²) in [5.41, 5.74) is 0.477. The van der Waals surface area contributed by atoms with E-state index < -0.39 is 5.54 Å². The molecule has 4 nitrogen and oxygen atoms in total. The van der Waals surface area contributed by atoms with E-state index in [2.05, 4.69) is 5.32 Å². The van der Waals surface area contributed by atoms with Gasteiger partial charge in [0.05, 0.1) is 24.0 Å². The number of rotatable bonds is 4. The fourth-order valence-corrected chi connectivity index (χ4v) is 1.73. The maximum atomic E-state index is 12.0. The van der Waals surface area contributed by atoms with Crippen molar-refractivity contribution in [3.8, 4) is 0 Å². The standard InChI is InChI=1S/C14H15NO3/c1-14(10-16,12-5-3-2-4-6-12)15-13(17)11-7-8-18-9-11/h2-9,16H,10H2,1H3,(H,15,17). The van der Waals surface area contributed by atoms with Crippen molar-refractivity contribution in [2.24, 2.45) is 0 Å². The van der Waals surface area contributed by atoms with E-state index in [-0.39, 0.29) is 12.5 Å². The molecule has 0 fully saturated rings. The minimum Gasteiger partial charge on any atom is -0.472 e. The van der Waals surface area contributed by atoms with Gasteiger partial charge in [0.25, 0.3) is 5.91 Å². The predicted octanol–water partition coefficient (Wildman–Crippen LogP) is 1.92. The van der Waals surface area contributed by atoms with Gasteiger partial charge in [-0.25, -0.2) is 0 Å².